The lowest BCUT2D eigenvalue weighted by molar-refractivity contribution is 0.941. The van der Waals surface area contributed by atoms with Crippen LogP contribution in [-0.2, 0) is 6.54 Å². The monoisotopic (exact) mass is 277 g/mol. The lowest BCUT2D eigenvalue weighted by atomic mass is 10.2. The number of halogens is 1. The number of hydrogen-bond donors (Lipinski definition) is 1. The molecule has 0 aliphatic carbocycles. The molecule has 0 unspecified atom stereocenters. The van der Waals surface area contributed by atoms with Crippen LogP contribution in [0.15, 0.2) is 41.1 Å². The van der Waals surface area contributed by atoms with E-state index in [0.717, 1.165) is 16.0 Å². The highest BCUT2D eigenvalue weighted by molar-refractivity contribution is 9.10. The van der Waals surface area contributed by atoms with Crippen molar-refractivity contribution in [2.24, 2.45) is 0 Å². The lowest BCUT2D eigenvalue weighted by Gasteiger charge is -2.07. The third kappa shape index (κ3) is 2.79. The molecule has 2 aromatic rings. The van der Waals surface area contributed by atoms with E-state index in [2.05, 4.69) is 44.2 Å². The Labute approximate surface area is 103 Å². The standard InChI is InChI=1S/C12H12BrN3/c1-9-4-2-3-5-11(9)14-8-12-15-6-10(13)7-16-12/h2-7,14H,8H2,1H3. The zero-order chi connectivity index (χ0) is 11.4. The van der Waals surface area contributed by atoms with Crippen molar-refractivity contribution in [3.63, 3.8) is 0 Å². The first-order valence-corrected chi connectivity index (χ1v) is 5.81. The highest BCUT2D eigenvalue weighted by atomic mass is 79.9. The number of rotatable bonds is 3. The molecule has 0 spiro atoms. The predicted molar refractivity (Wildman–Crippen MR) is 68.2 cm³/mol. The average Bonchev–Trinajstić information content (AvgIpc) is 2.30. The van der Waals surface area contributed by atoms with Gasteiger partial charge in [-0.25, -0.2) is 9.97 Å². The van der Waals surface area contributed by atoms with E-state index >= 15 is 0 Å². The van der Waals surface area contributed by atoms with Gasteiger partial charge in [0.05, 0.1) is 11.0 Å². The molecule has 0 fully saturated rings. The third-order valence-corrected chi connectivity index (χ3v) is 2.67. The first-order valence-electron chi connectivity index (χ1n) is 5.01. The third-order valence-electron chi connectivity index (χ3n) is 2.26. The van der Waals surface area contributed by atoms with Crippen LogP contribution in [0, 0.1) is 6.92 Å². The van der Waals surface area contributed by atoms with Gasteiger partial charge in [0.25, 0.3) is 0 Å². The molecule has 3 nitrogen and oxygen atoms in total. The highest BCUT2D eigenvalue weighted by Crippen LogP contribution is 2.13. The second-order valence-electron chi connectivity index (χ2n) is 3.49. The Hall–Kier alpha value is -1.42. The fourth-order valence-electron chi connectivity index (χ4n) is 1.38. The quantitative estimate of drug-likeness (QED) is 0.937. The van der Waals surface area contributed by atoms with Crippen molar-refractivity contribution >= 4 is 21.6 Å². The Bertz CT molecular complexity index is 468. The van der Waals surface area contributed by atoms with E-state index in [0.29, 0.717) is 6.54 Å². The Kier molecular flexibility index (Phi) is 3.51. The number of nitrogens with one attached hydrogen (secondary N) is 1. The molecule has 0 aliphatic heterocycles. The molecule has 82 valence electrons. The maximum atomic E-state index is 4.20. The van der Waals surface area contributed by atoms with Gasteiger partial charge in [-0.15, -0.1) is 0 Å². The largest absolute Gasteiger partial charge is 0.378 e. The molecule has 1 N–H and O–H groups in total. The summed E-state index contributed by atoms with van der Waals surface area (Å²) in [5.74, 6) is 0.784. The number of anilines is 1. The summed E-state index contributed by atoms with van der Waals surface area (Å²) >= 11 is 3.31. The molecule has 4 heteroatoms. The van der Waals surface area contributed by atoms with Gasteiger partial charge in [-0.2, -0.15) is 0 Å². The maximum Gasteiger partial charge on any atom is 0.147 e. The molecule has 1 heterocycles. The minimum atomic E-state index is 0.637. The summed E-state index contributed by atoms with van der Waals surface area (Å²) in [5, 5.41) is 3.31. The average molecular weight is 278 g/mol. The van der Waals surface area contributed by atoms with Crippen molar-refractivity contribution in [2.75, 3.05) is 5.32 Å². The van der Waals surface area contributed by atoms with Crippen molar-refractivity contribution in [2.45, 2.75) is 13.5 Å². The van der Waals surface area contributed by atoms with Crippen LogP contribution in [0.4, 0.5) is 5.69 Å². The van der Waals surface area contributed by atoms with E-state index < -0.39 is 0 Å². The predicted octanol–water partition coefficient (Wildman–Crippen LogP) is 3.16. The molecule has 0 radical (unpaired) electrons. The van der Waals surface area contributed by atoms with Crippen LogP contribution in [0.5, 0.6) is 0 Å². The minimum Gasteiger partial charge on any atom is -0.378 e. The van der Waals surface area contributed by atoms with Crippen LogP contribution in [-0.4, -0.2) is 9.97 Å². The summed E-state index contributed by atoms with van der Waals surface area (Å²) in [6, 6.07) is 8.16. The number of benzene rings is 1. The molecule has 2 rings (SSSR count). The van der Waals surface area contributed by atoms with Crippen molar-refractivity contribution in [3.05, 3.63) is 52.5 Å². The van der Waals surface area contributed by atoms with Crippen LogP contribution >= 0.6 is 15.9 Å². The zero-order valence-corrected chi connectivity index (χ0v) is 10.5. The summed E-state index contributed by atoms with van der Waals surface area (Å²) in [7, 11) is 0. The first-order chi connectivity index (χ1) is 7.75. The van der Waals surface area contributed by atoms with Crippen LogP contribution in [0.1, 0.15) is 11.4 Å². The topological polar surface area (TPSA) is 37.8 Å². The number of para-hydroxylation sites is 1. The van der Waals surface area contributed by atoms with E-state index in [1.54, 1.807) is 12.4 Å². The van der Waals surface area contributed by atoms with Gasteiger partial charge in [-0.1, -0.05) is 18.2 Å². The van der Waals surface area contributed by atoms with E-state index in [1.165, 1.54) is 5.56 Å². The molecule has 1 aromatic heterocycles. The van der Waals surface area contributed by atoms with Crippen LogP contribution < -0.4 is 5.32 Å². The van der Waals surface area contributed by atoms with E-state index in [4.69, 9.17) is 0 Å². The molecule has 0 bridgehead atoms. The smallest absolute Gasteiger partial charge is 0.147 e. The van der Waals surface area contributed by atoms with Crippen molar-refractivity contribution < 1.29 is 0 Å². The van der Waals surface area contributed by atoms with Gasteiger partial charge < -0.3 is 5.32 Å². The van der Waals surface area contributed by atoms with Crippen LogP contribution in [0.2, 0.25) is 0 Å². The normalized spacial score (nSPS) is 10.1. The first kappa shape index (κ1) is 11.1. The summed E-state index contributed by atoms with van der Waals surface area (Å²) < 4.78 is 0.896. The molecule has 1 aromatic carbocycles. The Balaban J connectivity index is 2.02. The lowest BCUT2D eigenvalue weighted by Crippen LogP contribution is -2.04. The van der Waals surface area contributed by atoms with Gasteiger partial charge in [0, 0.05) is 18.1 Å². The maximum absolute atomic E-state index is 4.20. The van der Waals surface area contributed by atoms with Crippen LogP contribution in [0.3, 0.4) is 0 Å². The van der Waals surface area contributed by atoms with Crippen molar-refractivity contribution in [1.82, 2.24) is 9.97 Å². The van der Waals surface area contributed by atoms with E-state index in [1.807, 2.05) is 18.2 Å². The second-order valence-corrected chi connectivity index (χ2v) is 4.40. The summed E-state index contributed by atoms with van der Waals surface area (Å²) in [6.45, 7) is 2.71. The molecule has 0 amide bonds. The second kappa shape index (κ2) is 5.07. The Morgan fingerprint density at radius 3 is 2.56 bits per heavy atom. The van der Waals surface area contributed by atoms with E-state index in [9.17, 15) is 0 Å². The number of hydrogen-bond acceptors (Lipinski definition) is 3. The van der Waals surface area contributed by atoms with Crippen molar-refractivity contribution in [3.8, 4) is 0 Å². The van der Waals surface area contributed by atoms with Gasteiger partial charge in [0.1, 0.15) is 5.82 Å². The Morgan fingerprint density at radius 1 is 1.19 bits per heavy atom. The molecule has 0 saturated heterocycles. The molecule has 0 atom stereocenters. The summed E-state index contributed by atoms with van der Waals surface area (Å²) in [6.07, 6.45) is 3.50. The highest BCUT2D eigenvalue weighted by Gasteiger charge is 1.98. The number of aryl methyl sites for hydroxylation is 1. The van der Waals surface area contributed by atoms with Gasteiger partial charge in [0.2, 0.25) is 0 Å². The fraction of sp³-hybridized carbons (Fsp3) is 0.167. The minimum absolute atomic E-state index is 0.637. The molecule has 0 saturated carbocycles. The molecule has 0 aliphatic rings. The zero-order valence-electron chi connectivity index (χ0n) is 8.94. The van der Waals surface area contributed by atoms with Crippen LogP contribution in [0.25, 0.3) is 0 Å². The SMILES string of the molecule is Cc1ccccc1NCc1ncc(Br)cn1. The fourth-order valence-corrected chi connectivity index (χ4v) is 1.58. The van der Waals surface area contributed by atoms with Gasteiger partial charge in [-0.05, 0) is 34.5 Å². The van der Waals surface area contributed by atoms with Crippen molar-refractivity contribution in [1.29, 1.82) is 0 Å². The van der Waals surface area contributed by atoms with Gasteiger partial charge in [0.15, 0.2) is 0 Å². The Morgan fingerprint density at radius 2 is 1.88 bits per heavy atom. The molecular weight excluding hydrogens is 266 g/mol. The summed E-state index contributed by atoms with van der Waals surface area (Å²) in [4.78, 5) is 8.41. The van der Waals surface area contributed by atoms with Gasteiger partial charge >= 0.3 is 0 Å². The number of aromatic nitrogens is 2. The molecular formula is C12H12BrN3. The number of nitrogens with zero attached hydrogens (tertiary/aromatic N) is 2. The molecule has 16 heavy (non-hydrogen) atoms. The summed E-state index contributed by atoms with van der Waals surface area (Å²) in [5.41, 5.74) is 2.34. The van der Waals surface area contributed by atoms with Gasteiger partial charge in [-0.3, -0.25) is 0 Å². The van der Waals surface area contributed by atoms with E-state index in [-0.39, 0.29) is 0 Å².